The van der Waals surface area contributed by atoms with E-state index < -0.39 is 0 Å². The highest BCUT2D eigenvalue weighted by Crippen LogP contribution is 2.09. The number of aromatic nitrogens is 5. The SMILES string of the molecule is CCNc1nc(NCCCCSC)nc(-n2cccn2)n1. The Balaban J connectivity index is 2.05. The molecule has 0 fully saturated rings. The smallest absolute Gasteiger partial charge is 0.257 e. The molecule has 0 spiro atoms. The molecule has 8 heteroatoms. The fraction of sp³-hybridized carbons (Fsp3) is 0.538. The summed E-state index contributed by atoms with van der Waals surface area (Å²) in [6.07, 6.45) is 7.92. The first-order valence-corrected chi connectivity index (χ1v) is 8.45. The molecule has 0 atom stereocenters. The average molecular weight is 307 g/mol. The van der Waals surface area contributed by atoms with Crippen molar-refractivity contribution in [3.05, 3.63) is 18.5 Å². The van der Waals surface area contributed by atoms with Gasteiger partial charge in [0.15, 0.2) is 0 Å². The maximum atomic E-state index is 4.40. The molecule has 0 saturated carbocycles. The van der Waals surface area contributed by atoms with Gasteiger partial charge in [0.1, 0.15) is 0 Å². The minimum Gasteiger partial charge on any atom is -0.354 e. The summed E-state index contributed by atoms with van der Waals surface area (Å²) >= 11 is 1.87. The van der Waals surface area contributed by atoms with E-state index in [2.05, 4.69) is 36.9 Å². The minimum atomic E-state index is 0.512. The number of unbranched alkanes of at least 4 members (excludes halogenated alkanes) is 1. The number of anilines is 2. The van der Waals surface area contributed by atoms with E-state index in [0.29, 0.717) is 17.8 Å². The second-order valence-electron chi connectivity index (χ2n) is 4.39. The van der Waals surface area contributed by atoms with Crippen molar-refractivity contribution < 1.29 is 0 Å². The van der Waals surface area contributed by atoms with Crippen molar-refractivity contribution in [1.29, 1.82) is 0 Å². The van der Waals surface area contributed by atoms with Crippen molar-refractivity contribution >= 4 is 23.7 Å². The van der Waals surface area contributed by atoms with E-state index in [-0.39, 0.29) is 0 Å². The van der Waals surface area contributed by atoms with Crippen LogP contribution >= 0.6 is 11.8 Å². The average Bonchev–Trinajstić information content (AvgIpc) is 3.01. The number of nitrogens with zero attached hydrogens (tertiary/aromatic N) is 5. The molecule has 2 aromatic heterocycles. The summed E-state index contributed by atoms with van der Waals surface area (Å²) in [7, 11) is 0. The summed E-state index contributed by atoms with van der Waals surface area (Å²) in [6.45, 7) is 3.62. The molecule has 0 saturated heterocycles. The molecule has 0 aliphatic carbocycles. The third-order valence-corrected chi connectivity index (χ3v) is 3.42. The van der Waals surface area contributed by atoms with E-state index in [4.69, 9.17) is 0 Å². The van der Waals surface area contributed by atoms with Gasteiger partial charge in [-0.25, -0.2) is 4.68 Å². The second-order valence-corrected chi connectivity index (χ2v) is 5.38. The van der Waals surface area contributed by atoms with Crippen LogP contribution in [0.3, 0.4) is 0 Å². The molecule has 2 N–H and O–H groups in total. The molecular formula is C13H21N7S. The van der Waals surface area contributed by atoms with E-state index in [9.17, 15) is 0 Å². The Hall–Kier alpha value is -1.83. The molecule has 0 radical (unpaired) electrons. The van der Waals surface area contributed by atoms with Crippen LogP contribution in [0.1, 0.15) is 19.8 Å². The fourth-order valence-electron chi connectivity index (χ4n) is 1.74. The molecule has 0 unspecified atom stereocenters. The quantitative estimate of drug-likeness (QED) is 0.686. The van der Waals surface area contributed by atoms with Crippen LogP contribution in [0.15, 0.2) is 18.5 Å². The Bertz CT molecular complexity index is 529. The van der Waals surface area contributed by atoms with Gasteiger partial charge in [0.05, 0.1) is 0 Å². The standard InChI is InChI=1S/C13H21N7S/c1-3-14-11-17-12(15-7-4-5-10-21-2)19-13(18-11)20-9-6-8-16-20/h6,8-9H,3-5,7,10H2,1-2H3,(H2,14,15,17,18,19). The third kappa shape index (κ3) is 4.89. The molecule has 0 aliphatic rings. The fourth-order valence-corrected chi connectivity index (χ4v) is 2.23. The summed E-state index contributed by atoms with van der Waals surface area (Å²) in [4.78, 5) is 13.1. The largest absolute Gasteiger partial charge is 0.354 e. The van der Waals surface area contributed by atoms with Crippen molar-refractivity contribution in [3.8, 4) is 5.95 Å². The topological polar surface area (TPSA) is 80.5 Å². The van der Waals surface area contributed by atoms with Gasteiger partial charge in [0, 0.05) is 25.5 Å². The molecule has 0 aromatic carbocycles. The normalized spacial score (nSPS) is 10.6. The minimum absolute atomic E-state index is 0.512. The predicted octanol–water partition coefficient (Wildman–Crippen LogP) is 2.04. The molecule has 114 valence electrons. The molecule has 0 bridgehead atoms. The molecule has 2 rings (SSSR count). The van der Waals surface area contributed by atoms with Gasteiger partial charge in [-0.05, 0) is 37.8 Å². The van der Waals surface area contributed by atoms with Gasteiger partial charge in [0.25, 0.3) is 5.95 Å². The summed E-state index contributed by atoms with van der Waals surface area (Å²) in [5, 5.41) is 10.5. The van der Waals surface area contributed by atoms with Crippen LogP contribution in [0.2, 0.25) is 0 Å². The summed E-state index contributed by atoms with van der Waals surface area (Å²) in [6, 6.07) is 1.84. The Kier molecular flexibility index (Phi) is 6.26. The monoisotopic (exact) mass is 307 g/mol. The first-order chi connectivity index (χ1) is 10.3. The number of rotatable bonds is 9. The van der Waals surface area contributed by atoms with Crippen molar-refractivity contribution in [2.45, 2.75) is 19.8 Å². The van der Waals surface area contributed by atoms with Crippen molar-refractivity contribution in [2.24, 2.45) is 0 Å². The maximum absolute atomic E-state index is 4.40. The number of nitrogens with one attached hydrogen (secondary N) is 2. The number of thioether (sulfide) groups is 1. The highest BCUT2D eigenvalue weighted by molar-refractivity contribution is 7.98. The van der Waals surface area contributed by atoms with Gasteiger partial charge in [-0.2, -0.15) is 31.8 Å². The van der Waals surface area contributed by atoms with Gasteiger partial charge < -0.3 is 10.6 Å². The maximum Gasteiger partial charge on any atom is 0.257 e. The van der Waals surface area contributed by atoms with Crippen LogP contribution in [-0.4, -0.2) is 49.8 Å². The zero-order valence-corrected chi connectivity index (χ0v) is 13.2. The lowest BCUT2D eigenvalue weighted by molar-refractivity contribution is 0.787. The summed E-state index contributed by atoms with van der Waals surface area (Å²) in [5.74, 6) is 2.83. The first-order valence-electron chi connectivity index (χ1n) is 7.06. The van der Waals surface area contributed by atoms with Crippen LogP contribution in [0.4, 0.5) is 11.9 Å². The number of hydrogen-bond acceptors (Lipinski definition) is 7. The van der Waals surface area contributed by atoms with Crippen molar-refractivity contribution in [1.82, 2.24) is 24.7 Å². The highest BCUT2D eigenvalue weighted by Gasteiger charge is 2.07. The summed E-state index contributed by atoms with van der Waals surface area (Å²) < 4.78 is 1.63. The van der Waals surface area contributed by atoms with Gasteiger partial charge in [-0.15, -0.1) is 0 Å². The Morgan fingerprint density at radius 1 is 1.14 bits per heavy atom. The van der Waals surface area contributed by atoms with Gasteiger partial charge >= 0.3 is 0 Å². The molecule has 2 aromatic rings. The molecule has 2 heterocycles. The second kappa shape index (κ2) is 8.46. The van der Waals surface area contributed by atoms with Gasteiger partial charge in [0.2, 0.25) is 11.9 Å². The van der Waals surface area contributed by atoms with Gasteiger partial charge in [-0.1, -0.05) is 0 Å². The van der Waals surface area contributed by atoms with Crippen molar-refractivity contribution in [2.75, 3.05) is 35.7 Å². The first kappa shape index (κ1) is 15.6. The molecule has 21 heavy (non-hydrogen) atoms. The van der Waals surface area contributed by atoms with Crippen molar-refractivity contribution in [3.63, 3.8) is 0 Å². The van der Waals surface area contributed by atoms with E-state index >= 15 is 0 Å². The number of hydrogen-bond donors (Lipinski definition) is 2. The third-order valence-electron chi connectivity index (χ3n) is 2.73. The zero-order valence-electron chi connectivity index (χ0n) is 12.4. The van der Waals surface area contributed by atoms with Crippen LogP contribution in [-0.2, 0) is 0 Å². The molecule has 7 nitrogen and oxygen atoms in total. The zero-order chi connectivity index (χ0) is 14.9. The van der Waals surface area contributed by atoms with E-state index in [1.54, 1.807) is 10.9 Å². The van der Waals surface area contributed by atoms with Gasteiger partial charge in [-0.3, -0.25) is 0 Å². The molecular weight excluding hydrogens is 286 g/mol. The Morgan fingerprint density at radius 3 is 2.62 bits per heavy atom. The lowest BCUT2D eigenvalue weighted by atomic mass is 10.3. The van der Waals surface area contributed by atoms with E-state index in [1.807, 2.05) is 30.9 Å². The van der Waals surface area contributed by atoms with E-state index in [0.717, 1.165) is 19.5 Å². The molecule has 0 amide bonds. The van der Waals surface area contributed by atoms with Crippen LogP contribution in [0.5, 0.6) is 0 Å². The Morgan fingerprint density at radius 2 is 1.95 bits per heavy atom. The van der Waals surface area contributed by atoms with Crippen LogP contribution < -0.4 is 10.6 Å². The lowest BCUT2D eigenvalue weighted by Crippen LogP contribution is -2.13. The van der Waals surface area contributed by atoms with E-state index in [1.165, 1.54) is 12.2 Å². The predicted molar refractivity (Wildman–Crippen MR) is 87.2 cm³/mol. The lowest BCUT2D eigenvalue weighted by Gasteiger charge is -2.09. The van der Waals surface area contributed by atoms with Crippen LogP contribution in [0.25, 0.3) is 5.95 Å². The molecule has 0 aliphatic heterocycles. The summed E-state index contributed by atoms with van der Waals surface area (Å²) in [5.41, 5.74) is 0. The highest BCUT2D eigenvalue weighted by atomic mass is 32.2. The Labute approximate surface area is 129 Å². The van der Waals surface area contributed by atoms with Crippen LogP contribution in [0, 0.1) is 0 Å².